The van der Waals surface area contributed by atoms with Crippen molar-refractivity contribution >= 4 is 23.4 Å². The number of carbonyl (C=O) groups is 3. The Bertz CT molecular complexity index is 1170. The molecule has 184 valence electrons. The summed E-state index contributed by atoms with van der Waals surface area (Å²) < 4.78 is 15.2. The summed E-state index contributed by atoms with van der Waals surface area (Å²) in [7, 11) is 4.07. The van der Waals surface area contributed by atoms with E-state index < -0.39 is 11.9 Å². The van der Waals surface area contributed by atoms with Crippen molar-refractivity contribution in [1.82, 2.24) is 15.1 Å². The summed E-state index contributed by atoms with van der Waals surface area (Å²) in [5.41, 5.74) is 4.20. The van der Waals surface area contributed by atoms with Crippen LogP contribution in [0.4, 0.5) is 10.1 Å². The second kappa shape index (κ2) is 9.41. The summed E-state index contributed by atoms with van der Waals surface area (Å²) in [6, 6.07) is 11.0. The van der Waals surface area contributed by atoms with Crippen LogP contribution in [-0.4, -0.2) is 60.7 Å². The number of hydrogen-bond donors (Lipinski definition) is 1. The number of benzene rings is 2. The molecule has 2 aromatic carbocycles. The first-order valence-corrected chi connectivity index (χ1v) is 12.3. The number of fused-ring (bicyclic) bond motifs is 1. The van der Waals surface area contributed by atoms with E-state index in [0.717, 1.165) is 38.0 Å². The lowest BCUT2D eigenvalue weighted by Gasteiger charge is -2.32. The smallest absolute Gasteiger partial charge is 0.255 e. The van der Waals surface area contributed by atoms with Gasteiger partial charge in [0.15, 0.2) is 0 Å². The molecule has 8 heteroatoms. The number of imide groups is 1. The number of carbonyl (C=O) groups excluding carboxylic acids is 3. The largest absolute Gasteiger partial charge is 0.378 e. The van der Waals surface area contributed by atoms with Crippen molar-refractivity contribution in [2.24, 2.45) is 0 Å². The summed E-state index contributed by atoms with van der Waals surface area (Å²) in [5.74, 6) is -1.36. The molecule has 1 N–H and O–H groups in total. The maximum absolute atomic E-state index is 15.2. The highest BCUT2D eigenvalue weighted by Crippen LogP contribution is 2.35. The Morgan fingerprint density at radius 3 is 2.54 bits per heavy atom. The zero-order valence-corrected chi connectivity index (χ0v) is 20.2. The maximum Gasteiger partial charge on any atom is 0.255 e. The Morgan fingerprint density at radius 2 is 1.83 bits per heavy atom. The van der Waals surface area contributed by atoms with E-state index in [2.05, 4.69) is 39.4 Å². The van der Waals surface area contributed by atoms with Crippen LogP contribution in [0.2, 0.25) is 0 Å². The van der Waals surface area contributed by atoms with Crippen molar-refractivity contribution in [3.05, 3.63) is 64.5 Å². The van der Waals surface area contributed by atoms with Gasteiger partial charge in [0.1, 0.15) is 11.9 Å². The van der Waals surface area contributed by atoms with Gasteiger partial charge in [-0.15, -0.1) is 0 Å². The maximum atomic E-state index is 15.2. The van der Waals surface area contributed by atoms with Crippen LogP contribution >= 0.6 is 0 Å². The predicted octanol–water partition coefficient (Wildman–Crippen LogP) is 3.03. The third kappa shape index (κ3) is 4.67. The molecule has 2 fully saturated rings. The minimum Gasteiger partial charge on any atom is -0.378 e. The van der Waals surface area contributed by atoms with Crippen LogP contribution in [0.15, 0.2) is 36.4 Å². The molecule has 3 heterocycles. The lowest BCUT2D eigenvalue weighted by atomic mass is 9.87. The minimum absolute atomic E-state index is 0.101. The predicted molar refractivity (Wildman–Crippen MR) is 130 cm³/mol. The molecule has 3 amide bonds. The molecule has 7 nitrogen and oxygen atoms in total. The highest BCUT2D eigenvalue weighted by molar-refractivity contribution is 6.05. The lowest BCUT2D eigenvalue weighted by molar-refractivity contribution is -0.136. The third-order valence-electron chi connectivity index (χ3n) is 7.50. The number of nitrogens with zero attached hydrogens (tertiary/aromatic N) is 3. The van der Waals surface area contributed by atoms with Gasteiger partial charge in [-0.3, -0.25) is 24.6 Å². The first-order chi connectivity index (χ1) is 16.8. The Kier molecular flexibility index (Phi) is 6.32. The molecule has 35 heavy (non-hydrogen) atoms. The van der Waals surface area contributed by atoms with Crippen LogP contribution < -0.4 is 10.2 Å². The molecule has 0 radical (unpaired) electrons. The molecule has 3 aliphatic rings. The Labute approximate surface area is 204 Å². The van der Waals surface area contributed by atoms with E-state index >= 15 is 4.39 Å². The number of anilines is 1. The van der Waals surface area contributed by atoms with Crippen LogP contribution in [0, 0.1) is 5.82 Å². The first kappa shape index (κ1) is 23.5. The monoisotopic (exact) mass is 478 g/mol. The number of hydrogen-bond acceptors (Lipinski definition) is 5. The zero-order chi connectivity index (χ0) is 24.7. The van der Waals surface area contributed by atoms with Gasteiger partial charge >= 0.3 is 0 Å². The lowest BCUT2D eigenvalue weighted by Crippen LogP contribution is -2.52. The normalized spacial score (nSPS) is 21.3. The topological polar surface area (TPSA) is 73.0 Å². The molecule has 0 bridgehead atoms. The molecule has 2 saturated heterocycles. The van der Waals surface area contributed by atoms with Crippen LogP contribution in [0.5, 0.6) is 0 Å². The number of nitrogens with one attached hydrogen (secondary N) is 1. The fourth-order valence-corrected chi connectivity index (χ4v) is 5.51. The molecule has 5 rings (SSSR count). The van der Waals surface area contributed by atoms with E-state index in [0.29, 0.717) is 17.5 Å². The second-order valence-corrected chi connectivity index (χ2v) is 10.0. The highest BCUT2D eigenvalue weighted by atomic mass is 19.1. The summed E-state index contributed by atoms with van der Waals surface area (Å²) in [4.78, 5) is 42.7. The molecule has 1 atom stereocenters. The van der Waals surface area contributed by atoms with E-state index in [4.69, 9.17) is 0 Å². The van der Waals surface area contributed by atoms with Crippen LogP contribution in [0.25, 0.3) is 0 Å². The Morgan fingerprint density at radius 1 is 1.06 bits per heavy atom. The molecular formula is C27H31FN4O3. The molecule has 0 aliphatic carbocycles. The van der Waals surface area contributed by atoms with Gasteiger partial charge in [-0.05, 0) is 73.2 Å². The van der Waals surface area contributed by atoms with Gasteiger partial charge in [-0.25, -0.2) is 4.39 Å². The second-order valence-electron chi connectivity index (χ2n) is 10.0. The third-order valence-corrected chi connectivity index (χ3v) is 7.50. The summed E-state index contributed by atoms with van der Waals surface area (Å²) in [6.07, 6.45) is 2.21. The minimum atomic E-state index is -0.687. The molecule has 3 aliphatic heterocycles. The van der Waals surface area contributed by atoms with Crippen molar-refractivity contribution in [1.29, 1.82) is 0 Å². The van der Waals surface area contributed by atoms with Crippen LogP contribution in [0.3, 0.4) is 0 Å². The average molecular weight is 479 g/mol. The number of amides is 3. The number of piperidine rings is 2. The molecular weight excluding hydrogens is 447 g/mol. The molecule has 0 saturated carbocycles. The number of halogens is 1. The van der Waals surface area contributed by atoms with Gasteiger partial charge in [0.2, 0.25) is 11.8 Å². The molecule has 0 aromatic heterocycles. The summed E-state index contributed by atoms with van der Waals surface area (Å²) in [5, 5.41) is 2.31. The van der Waals surface area contributed by atoms with Gasteiger partial charge in [-0.2, -0.15) is 0 Å². The average Bonchev–Trinajstić information content (AvgIpc) is 3.14. The zero-order valence-electron chi connectivity index (χ0n) is 20.2. The van der Waals surface area contributed by atoms with Crippen molar-refractivity contribution in [3.63, 3.8) is 0 Å². The molecule has 0 spiro atoms. The standard InChI is InChI=1S/C27H31FN4O3/c1-30(2)20-5-3-4-17(12-20)15-31-10-8-18(9-11-31)21-13-19-16-32(27(35)22(19)14-23(21)28)24-6-7-25(33)29-26(24)34/h3-5,12-14,18,24H,6-11,15-16H2,1-2H3,(H,29,33,34). The summed E-state index contributed by atoms with van der Waals surface area (Å²) in [6.45, 7) is 2.91. The van der Waals surface area contributed by atoms with Crippen LogP contribution in [0.1, 0.15) is 58.6 Å². The molecule has 1 unspecified atom stereocenters. The van der Waals surface area contributed by atoms with Crippen molar-refractivity contribution < 1.29 is 18.8 Å². The number of likely N-dealkylation sites (tertiary alicyclic amines) is 1. The van der Waals surface area contributed by atoms with Gasteiger partial charge in [0.25, 0.3) is 5.91 Å². The van der Waals surface area contributed by atoms with E-state index in [9.17, 15) is 14.4 Å². The van der Waals surface area contributed by atoms with Crippen molar-refractivity contribution in [2.45, 2.75) is 50.7 Å². The van der Waals surface area contributed by atoms with Crippen molar-refractivity contribution in [3.8, 4) is 0 Å². The fourth-order valence-electron chi connectivity index (χ4n) is 5.51. The van der Waals surface area contributed by atoms with Gasteiger partial charge in [0.05, 0.1) is 0 Å². The fraction of sp³-hybridized carbons (Fsp3) is 0.444. The summed E-state index contributed by atoms with van der Waals surface area (Å²) >= 11 is 0. The van der Waals surface area contributed by atoms with E-state index in [1.807, 2.05) is 20.2 Å². The Balaban J connectivity index is 1.25. The Hall–Kier alpha value is -3.26. The molecule has 2 aromatic rings. The van der Waals surface area contributed by atoms with E-state index in [-0.39, 0.29) is 36.5 Å². The first-order valence-electron chi connectivity index (χ1n) is 12.3. The quantitative estimate of drug-likeness (QED) is 0.669. The van der Waals surface area contributed by atoms with Gasteiger partial charge in [0, 0.05) is 44.9 Å². The van der Waals surface area contributed by atoms with Gasteiger partial charge < -0.3 is 9.80 Å². The van der Waals surface area contributed by atoms with Gasteiger partial charge in [-0.1, -0.05) is 18.2 Å². The van der Waals surface area contributed by atoms with Crippen LogP contribution in [-0.2, 0) is 22.7 Å². The van der Waals surface area contributed by atoms with E-state index in [1.165, 1.54) is 22.2 Å². The van der Waals surface area contributed by atoms with Crippen molar-refractivity contribution in [2.75, 3.05) is 32.1 Å². The number of rotatable bonds is 5. The SMILES string of the molecule is CN(C)c1cccc(CN2CCC(c3cc4c(cc3F)C(=O)N(C3CCC(=O)NC3=O)C4)CC2)c1. The van der Waals surface area contributed by atoms with E-state index in [1.54, 1.807) is 0 Å². The highest BCUT2D eigenvalue weighted by Gasteiger charge is 2.40.